The molecule has 0 spiro atoms. The number of aryl methyl sites for hydroxylation is 1. The van der Waals surface area contributed by atoms with Gasteiger partial charge in [0.2, 0.25) is 5.91 Å². The van der Waals surface area contributed by atoms with E-state index in [2.05, 4.69) is 31.2 Å². The molecule has 106 valence electrons. The van der Waals surface area contributed by atoms with Crippen molar-refractivity contribution in [3.8, 4) is 0 Å². The van der Waals surface area contributed by atoms with Crippen molar-refractivity contribution in [2.45, 2.75) is 12.3 Å². The van der Waals surface area contributed by atoms with Gasteiger partial charge in [0.1, 0.15) is 5.37 Å². The Hall–Kier alpha value is -2.00. The molecule has 1 saturated heterocycles. The van der Waals surface area contributed by atoms with Gasteiger partial charge in [0.25, 0.3) is 0 Å². The van der Waals surface area contributed by atoms with Crippen LogP contribution in [0.1, 0.15) is 11.1 Å². The second-order valence-corrected chi connectivity index (χ2v) is 6.18. The summed E-state index contributed by atoms with van der Waals surface area (Å²) in [4.78, 5) is 14.0. The molecule has 0 radical (unpaired) electrons. The standard InChI is InChI=1S/C18H17NOS/c1-14-7-10-16(11-8-14)19-17(20)13-21-18(19)12-9-15-5-3-2-4-6-15/h2-12,18H,13H2,1H3/b12-9+/t18-/m1/s1. The molecule has 0 unspecified atom stereocenters. The van der Waals surface area contributed by atoms with E-state index in [-0.39, 0.29) is 11.3 Å². The fourth-order valence-corrected chi connectivity index (χ4v) is 3.37. The molecule has 3 rings (SSSR count). The number of nitrogens with zero attached hydrogens (tertiary/aromatic N) is 1. The van der Waals surface area contributed by atoms with Crippen LogP contribution in [0.4, 0.5) is 5.69 Å². The van der Waals surface area contributed by atoms with Crippen LogP contribution in [-0.2, 0) is 4.79 Å². The summed E-state index contributed by atoms with van der Waals surface area (Å²) in [5.41, 5.74) is 3.33. The van der Waals surface area contributed by atoms with Crippen molar-refractivity contribution < 1.29 is 4.79 Å². The van der Waals surface area contributed by atoms with E-state index in [0.717, 1.165) is 11.3 Å². The number of hydrogen-bond acceptors (Lipinski definition) is 2. The molecule has 1 aliphatic rings. The van der Waals surface area contributed by atoms with Crippen molar-refractivity contribution in [3.05, 3.63) is 71.8 Å². The number of amides is 1. The Morgan fingerprint density at radius 2 is 1.81 bits per heavy atom. The van der Waals surface area contributed by atoms with Gasteiger partial charge in [-0.3, -0.25) is 9.69 Å². The second kappa shape index (κ2) is 6.19. The van der Waals surface area contributed by atoms with Crippen LogP contribution in [0, 0.1) is 6.92 Å². The Balaban J connectivity index is 1.83. The first-order chi connectivity index (χ1) is 10.2. The van der Waals surface area contributed by atoms with E-state index in [9.17, 15) is 4.79 Å². The highest BCUT2D eigenvalue weighted by atomic mass is 32.2. The minimum absolute atomic E-state index is 0.0698. The van der Waals surface area contributed by atoms with Gasteiger partial charge in [0, 0.05) is 5.69 Å². The van der Waals surface area contributed by atoms with Crippen LogP contribution in [0.5, 0.6) is 0 Å². The molecule has 0 aromatic heterocycles. The number of benzene rings is 2. The average molecular weight is 295 g/mol. The van der Waals surface area contributed by atoms with Crippen LogP contribution in [-0.4, -0.2) is 17.0 Å². The molecule has 3 heteroatoms. The molecule has 21 heavy (non-hydrogen) atoms. The third kappa shape index (κ3) is 3.19. The number of thioether (sulfide) groups is 1. The second-order valence-electron chi connectivity index (χ2n) is 5.07. The highest BCUT2D eigenvalue weighted by molar-refractivity contribution is 8.01. The molecule has 0 aliphatic carbocycles. The summed E-state index contributed by atoms with van der Waals surface area (Å²) in [6.07, 6.45) is 4.18. The third-order valence-electron chi connectivity index (χ3n) is 3.47. The molecule has 0 bridgehead atoms. The van der Waals surface area contributed by atoms with Gasteiger partial charge in [-0.1, -0.05) is 60.2 Å². The summed E-state index contributed by atoms with van der Waals surface area (Å²) in [6, 6.07) is 18.3. The predicted molar refractivity (Wildman–Crippen MR) is 90.4 cm³/mol. The van der Waals surface area contributed by atoms with Crippen LogP contribution >= 0.6 is 11.8 Å². The van der Waals surface area contributed by atoms with Crippen LogP contribution < -0.4 is 4.90 Å². The first kappa shape index (κ1) is 14.0. The van der Waals surface area contributed by atoms with Gasteiger partial charge in [0.05, 0.1) is 5.75 Å². The van der Waals surface area contributed by atoms with Gasteiger partial charge in [-0.15, -0.1) is 11.8 Å². The fourth-order valence-electron chi connectivity index (χ4n) is 2.34. The summed E-state index contributed by atoms with van der Waals surface area (Å²) < 4.78 is 0. The molecule has 2 aromatic rings. The zero-order valence-corrected chi connectivity index (χ0v) is 12.7. The lowest BCUT2D eigenvalue weighted by Crippen LogP contribution is -2.31. The average Bonchev–Trinajstić information content (AvgIpc) is 2.88. The third-order valence-corrected chi connectivity index (χ3v) is 4.59. The Kier molecular flexibility index (Phi) is 4.11. The number of rotatable bonds is 3. The molecule has 1 atom stereocenters. The molecule has 0 saturated carbocycles. The summed E-state index contributed by atoms with van der Waals surface area (Å²) in [5, 5.41) is 0.0698. The number of carbonyl (C=O) groups excluding carboxylic acids is 1. The zero-order valence-electron chi connectivity index (χ0n) is 11.9. The molecule has 1 aliphatic heterocycles. The lowest BCUT2D eigenvalue weighted by Gasteiger charge is -2.21. The van der Waals surface area contributed by atoms with E-state index in [0.29, 0.717) is 5.75 Å². The van der Waals surface area contributed by atoms with E-state index in [1.54, 1.807) is 11.8 Å². The van der Waals surface area contributed by atoms with Crippen LogP contribution in [0.15, 0.2) is 60.7 Å². The summed E-state index contributed by atoms with van der Waals surface area (Å²) in [6.45, 7) is 2.05. The van der Waals surface area contributed by atoms with Gasteiger partial charge >= 0.3 is 0 Å². The van der Waals surface area contributed by atoms with Crippen molar-refractivity contribution >= 4 is 29.4 Å². The van der Waals surface area contributed by atoms with Gasteiger partial charge in [-0.2, -0.15) is 0 Å². The number of anilines is 1. The smallest absolute Gasteiger partial charge is 0.238 e. The highest BCUT2D eigenvalue weighted by Crippen LogP contribution is 2.31. The van der Waals surface area contributed by atoms with Crippen LogP contribution in [0.2, 0.25) is 0 Å². The maximum absolute atomic E-state index is 12.2. The highest BCUT2D eigenvalue weighted by Gasteiger charge is 2.30. The van der Waals surface area contributed by atoms with Crippen LogP contribution in [0.3, 0.4) is 0 Å². The van der Waals surface area contributed by atoms with Crippen LogP contribution in [0.25, 0.3) is 6.08 Å². The predicted octanol–water partition coefficient (Wildman–Crippen LogP) is 4.11. The van der Waals surface area contributed by atoms with Crippen molar-refractivity contribution in [1.29, 1.82) is 0 Å². The van der Waals surface area contributed by atoms with Crippen molar-refractivity contribution in [2.75, 3.05) is 10.7 Å². The fraction of sp³-hybridized carbons (Fsp3) is 0.167. The molecular formula is C18H17NOS. The molecule has 1 fully saturated rings. The van der Waals surface area contributed by atoms with E-state index in [1.807, 2.05) is 47.4 Å². The van der Waals surface area contributed by atoms with E-state index in [1.165, 1.54) is 5.56 Å². The minimum atomic E-state index is 0.0698. The van der Waals surface area contributed by atoms with Gasteiger partial charge in [0.15, 0.2) is 0 Å². The largest absolute Gasteiger partial charge is 0.296 e. The molecule has 2 nitrogen and oxygen atoms in total. The lowest BCUT2D eigenvalue weighted by molar-refractivity contribution is -0.115. The molecule has 1 heterocycles. The molecule has 1 amide bonds. The van der Waals surface area contributed by atoms with E-state index >= 15 is 0 Å². The van der Waals surface area contributed by atoms with E-state index < -0.39 is 0 Å². The van der Waals surface area contributed by atoms with E-state index in [4.69, 9.17) is 0 Å². The number of carbonyl (C=O) groups is 1. The quantitative estimate of drug-likeness (QED) is 0.849. The summed E-state index contributed by atoms with van der Waals surface area (Å²) >= 11 is 1.67. The first-order valence-electron chi connectivity index (χ1n) is 6.97. The molecule has 0 N–H and O–H groups in total. The Labute approximate surface area is 129 Å². The number of hydrogen-bond donors (Lipinski definition) is 0. The SMILES string of the molecule is Cc1ccc(N2C(=O)CS[C@@H]2/C=C/c2ccccc2)cc1. The van der Waals surface area contributed by atoms with Crippen molar-refractivity contribution in [1.82, 2.24) is 0 Å². The Bertz CT molecular complexity index is 649. The van der Waals surface area contributed by atoms with Crippen molar-refractivity contribution in [2.24, 2.45) is 0 Å². The topological polar surface area (TPSA) is 20.3 Å². The summed E-state index contributed by atoms with van der Waals surface area (Å²) in [7, 11) is 0. The first-order valence-corrected chi connectivity index (χ1v) is 8.02. The maximum atomic E-state index is 12.2. The lowest BCUT2D eigenvalue weighted by atomic mass is 10.2. The molecule has 2 aromatic carbocycles. The normalized spacial score (nSPS) is 18.6. The minimum Gasteiger partial charge on any atom is -0.296 e. The van der Waals surface area contributed by atoms with Gasteiger partial charge in [-0.25, -0.2) is 0 Å². The Morgan fingerprint density at radius 3 is 2.52 bits per heavy atom. The van der Waals surface area contributed by atoms with Gasteiger partial charge in [-0.05, 0) is 24.6 Å². The molecular weight excluding hydrogens is 278 g/mol. The maximum Gasteiger partial charge on any atom is 0.238 e. The summed E-state index contributed by atoms with van der Waals surface area (Å²) in [5.74, 6) is 0.712. The van der Waals surface area contributed by atoms with Gasteiger partial charge < -0.3 is 0 Å². The van der Waals surface area contributed by atoms with Crippen molar-refractivity contribution in [3.63, 3.8) is 0 Å². The Morgan fingerprint density at radius 1 is 1.10 bits per heavy atom. The monoisotopic (exact) mass is 295 g/mol. The zero-order chi connectivity index (χ0) is 14.7.